The topological polar surface area (TPSA) is 63.2 Å². The van der Waals surface area contributed by atoms with E-state index in [1.54, 1.807) is 0 Å². The first-order valence-corrected chi connectivity index (χ1v) is 8.15. The van der Waals surface area contributed by atoms with Crippen molar-refractivity contribution in [1.29, 1.82) is 0 Å². The number of sulfone groups is 1. The first kappa shape index (κ1) is 14.8. The number of hydrogen-bond acceptors (Lipinski definition) is 3. The fourth-order valence-electron chi connectivity index (χ4n) is 1.82. The lowest BCUT2D eigenvalue weighted by atomic mass is 9.90. The van der Waals surface area contributed by atoms with Crippen LogP contribution in [0.4, 0.5) is 0 Å². The molecule has 0 aromatic carbocycles. The van der Waals surface area contributed by atoms with E-state index in [0.717, 1.165) is 6.42 Å². The number of nitrogens with one attached hydrogen (secondary N) is 1. The van der Waals surface area contributed by atoms with Crippen LogP contribution in [-0.2, 0) is 14.6 Å². The molecular formula is C11H20ClNO3S. The van der Waals surface area contributed by atoms with E-state index in [4.69, 9.17) is 11.6 Å². The highest BCUT2D eigenvalue weighted by Crippen LogP contribution is 2.21. The molecule has 1 heterocycles. The molecule has 0 saturated carbocycles. The second-order valence-corrected chi connectivity index (χ2v) is 8.03. The molecule has 1 aliphatic rings. The van der Waals surface area contributed by atoms with Crippen LogP contribution in [0.25, 0.3) is 0 Å². The number of hydrogen-bond donors (Lipinski definition) is 1. The Morgan fingerprint density at radius 3 is 2.59 bits per heavy atom. The van der Waals surface area contributed by atoms with Crippen LogP contribution in [-0.4, -0.2) is 38.3 Å². The van der Waals surface area contributed by atoms with Crippen LogP contribution >= 0.6 is 11.6 Å². The number of amides is 1. The zero-order valence-corrected chi connectivity index (χ0v) is 11.9. The zero-order valence-electron chi connectivity index (χ0n) is 10.3. The molecule has 0 aliphatic carbocycles. The van der Waals surface area contributed by atoms with Gasteiger partial charge in [0.25, 0.3) is 0 Å². The molecule has 1 saturated heterocycles. The Morgan fingerprint density at radius 1 is 1.47 bits per heavy atom. The summed E-state index contributed by atoms with van der Waals surface area (Å²) in [5, 5.41) is 2.83. The minimum absolute atomic E-state index is 0.00519. The summed E-state index contributed by atoms with van der Waals surface area (Å²) in [5.41, 5.74) is -0.0467. The molecule has 4 nitrogen and oxygen atoms in total. The molecule has 0 bridgehead atoms. The van der Waals surface area contributed by atoms with E-state index in [-0.39, 0.29) is 28.7 Å². The number of halogens is 1. The van der Waals surface area contributed by atoms with Gasteiger partial charge in [0.1, 0.15) is 0 Å². The molecular weight excluding hydrogens is 262 g/mol. The quantitative estimate of drug-likeness (QED) is 0.770. The predicted molar refractivity (Wildman–Crippen MR) is 68.9 cm³/mol. The Kier molecular flexibility index (Phi) is 4.84. The lowest BCUT2D eigenvalue weighted by Crippen LogP contribution is -2.38. The summed E-state index contributed by atoms with van der Waals surface area (Å²) in [6.45, 7) is 4.59. The smallest absolute Gasteiger partial charge is 0.224 e. The average molecular weight is 282 g/mol. The standard InChI is InChI=1S/C11H20ClNO3S/c1-11(2,4-5-12)8-13-10(14)9-3-6-17(15,16)7-9/h9H,3-8H2,1-2H3,(H,13,14). The van der Waals surface area contributed by atoms with Gasteiger partial charge in [0.05, 0.1) is 17.4 Å². The van der Waals surface area contributed by atoms with Crippen molar-refractivity contribution in [1.82, 2.24) is 5.32 Å². The van der Waals surface area contributed by atoms with Gasteiger partial charge in [-0.3, -0.25) is 4.79 Å². The van der Waals surface area contributed by atoms with Crippen LogP contribution in [0.5, 0.6) is 0 Å². The molecule has 17 heavy (non-hydrogen) atoms. The normalized spacial score (nSPS) is 23.6. The molecule has 100 valence electrons. The molecule has 0 aromatic rings. The summed E-state index contributed by atoms with van der Waals surface area (Å²) in [4.78, 5) is 11.8. The Morgan fingerprint density at radius 2 is 2.12 bits per heavy atom. The second-order valence-electron chi connectivity index (χ2n) is 5.42. The van der Waals surface area contributed by atoms with Crippen molar-refractivity contribution < 1.29 is 13.2 Å². The van der Waals surface area contributed by atoms with Crippen LogP contribution in [0.2, 0.25) is 0 Å². The maximum absolute atomic E-state index is 11.8. The molecule has 1 aliphatic heterocycles. The SMILES string of the molecule is CC(C)(CCCl)CNC(=O)C1CCS(=O)(=O)C1. The van der Waals surface area contributed by atoms with Crippen LogP contribution in [0, 0.1) is 11.3 Å². The Bertz CT molecular complexity index is 378. The first-order chi connectivity index (χ1) is 7.76. The summed E-state index contributed by atoms with van der Waals surface area (Å²) < 4.78 is 22.5. The highest BCUT2D eigenvalue weighted by molar-refractivity contribution is 7.91. The van der Waals surface area contributed by atoms with Gasteiger partial charge in [0, 0.05) is 12.4 Å². The van der Waals surface area contributed by atoms with Gasteiger partial charge in [-0.05, 0) is 18.3 Å². The zero-order chi connectivity index (χ0) is 13.1. The average Bonchev–Trinajstić information content (AvgIpc) is 2.55. The lowest BCUT2D eigenvalue weighted by molar-refractivity contribution is -0.124. The molecule has 1 atom stereocenters. The van der Waals surface area contributed by atoms with Crippen molar-refractivity contribution in [2.75, 3.05) is 23.9 Å². The van der Waals surface area contributed by atoms with E-state index in [9.17, 15) is 13.2 Å². The summed E-state index contributed by atoms with van der Waals surface area (Å²) >= 11 is 5.67. The van der Waals surface area contributed by atoms with Crippen molar-refractivity contribution in [3.63, 3.8) is 0 Å². The van der Waals surface area contributed by atoms with Gasteiger partial charge < -0.3 is 5.32 Å². The van der Waals surface area contributed by atoms with Gasteiger partial charge in [-0.25, -0.2) is 8.42 Å². The highest BCUT2D eigenvalue weighted by atomic mass is 35.5. The Labute approximate surface area is 108 Å². The molecule has 1 fully saturated rings. The van der Waals surface area contributed by atoms with Crippen LogP contribution < -0.4 is 5.32 Å². The maximum Gasteiger partial charge on any atom is 0.224 e. The van der Waals surface area contributed by atoms with Crippen molar-refractivity contribution in [3.05, 3.63) is 0 Å². The summed E-state index contributed by atoms with van der Waals surface area (Å²) in [6, 6.07) is 0. The van der Waals surface area contributed by atoms with Gasteiger partial charge in [0.15, 0.2) is 9.84 Å². The van der Waals surface area contributed by atoms with E-state index >= 15 is 0 Å². The minimum atomic E-state index is -2.99. The Balaban J connectivity index is 2.41. The number of alkyl halides is 1. The van der Waals surface area contributed by atoms with E-state index in [1.807, 2.05) is 13.8 Å². The number of carbonyl (C=O) groups excluding carboxylic acids is 1. The van der Waals surface area contributed by atoms with Crippen molar-refractivity contribution >= 4 is 27.3 Å². The fraction of sp³-hybridized carbons (Fsp3) is 0.909. The van der Waals surface area contributed by atoms with Crippen molar-refractivity contribution in [2.45, 2.75) is 26.7 Å². The molecule has 1 N–H and O–H groups in total. The largest absolute Gasteiger partial charge is 0.355 e. The van der Waals surface area contributed by atoms with E-state index in [2.05, 4.69) is 5.32 Å². The van der Waals surface area contributed by atoms with Crippen molar-refractivity contribution in [2.24, 2.45) is 11.3 Å². The molecule has 1 amide bonds. The molecule has 6 heteroatoms. The van der Waals surface area contributed by atoms with Crippen molar-refractivity contribution in [3.8, 4) is 0 Å². The highest BCUT2D eigenvalue weighted by Gasteiger charge is 2.33. The monoisotopic (exact) mass is 281 g/mol. The minimum Gasteiger partial charge on any atom is -0.355 e. The number of carbonyl (C=O) groups is 1. The molecule has 1 rings (SSSR count). The predicted octanol–water partition coefficient (Wildman–Crippen LogP) is 1.19. The van der Waals surface area contributed by atoms with Gasteiger partial charge >= 0.3 is 0 Å². The molecule has 0 radical (unpaired) electrons. The Hall–Kier alpha value is -0.290. The third kappa shape index (κ3) is 4.84. The summed E-state index contributed by atoms with van der Waals surface area (Å²) in [7, 11) is -2.99. The van der Waals surface area contributed by atoms with Crippen LogP contribution in [0.3, 0.4) is 0 Å². The van der Waals surface area contributed by atoms with Gasteiger partial charge in [-0.2, -0.15) is 0 Å². The second kappa shape index (κ2) is 5.57. The third-order valence-corrected chi connectivity index (χ3v) is 5.07. The summed E-state index contributed by atoms with van der Waals surface area (Å²) in [6.07, 6.45) is 1.27. The van der Waals surface area contributed by atoms with Crippen LogP contribution in [0.1, 0.15) is 26.7 Å². The van der Waals surface area contributed by atoms with Gasteiger partial charge in [-0.1, -0.05) is 13.8 Å². The molecule has 1 unspecified atom stereocenters. The van der Waals surface area contributed by atoms with E-state index in [1.165, 1.54) is 0 Å². The maximum atomic E-state index is 11.8. The van der Waals surface area contributed by atoms with E-state index < -0.39 is 9.84 Å². The number of rotatable bonds is 5. The van der Waals surface area contributed by atoms with Gasteiger partial charge in [-0.15, -0.1) is 11.6 Å². The molecule has 0 aromatic heterocycles. The molecule has 0 spiro atoms. The van der Waals surface area contributed by atoms with Crippen LogP contribution in [0.15, 0.2) is 0 Å². The van der Waals surface area contributed by atoms with Gasteiger partial charge in [0.2, 0.25) is 5.91 Å². The van der Waals surface area contributed by atoms with E-state index in [0.29, 0.717) is 18.8 Å². The summed E-state index contributed by atoms with van der Waals surface area (Å²) in [5.74, 6) is 0.173. The fourth-order valence-corrected chi connectivity index (χ4v) is 4.07. The third-order valence-electron chi connectivity index (χ3n) is 3.12. The lowest BCUT2D eigenvalue weighted by Gasteiger charge is -2.24. The first-order valence-electron chi connectivity index (χ1n) is 5.80.